The molecule has 2 aliphatic rings. The van der Waals surface area contributed by atoms with E-state index in [9.17, 15) is 9.59 Å². The molecule has 0 unspecified atom stereocenters. The van der Waals surface area contributed by atoms with Crippen LogP contribution in [0.1, 0.15) is 65.1 Å². The summed E-state index contributed by atoms with van der Waals surface area (Å²) in [6.07, 6.45) is 8.62. The molecule has 30 heavy (non-hydrogen) atoms. The molecule has 0 bridgehead atoms. The van der Waals surface area contributed by atoms with E-state index in [2.05, 4.69) is 15.3 Å². The van der Waals surface area contributed by atoms with Gasteiger partial charge in [0.15, 0.2) is 0 Å². The number of benzene rings is 1. The molecule has 2 aromatic rings. The molecule has 2 aliphatic heterocycles. The first-order valence-corrected chi connectivity index (χ1v) is 10.8. The molecule has 3 heterocycles. The van der Waals surface area contributed by atoms with Gasteiger partial charge in [0.05, 0.1) is 30.1 Å². The summed E-state index contributed by atoms with van der Waals surface area (Å²) in [6, 6.07) is 7.21. The molecular formula is C23H28N4O3. The van der Waals surface area contributed by atoms with Gasteiger partial charge in [0, 0.05) is 18.8 Å². The predicted octanol–water partition coefficient (Wildman–Crippen LogP) is 3.14. The summed E-state index contributed by atoms with van der Waals surface area (Å²) in [7, 11) is 0. The molecular weight excluding hydrogens is 380 g/mol. The summed E-state index contributed by atoms with van der Waals surface area (Å²) < 4.78 is 5.85. The Morgan fingerprint density at radius 2 is 1.97 bits per heavy atom. The summed E-state index contributed by atoms with van der Waals surface area (Å²) in [5.41, 5.74) is 1.68. The van der Waals surface area contributed by atoms with E-state index in [1.54, 1.807) is 18.5 Å². The molecule has 1 aromatic heterocycles. The van der Waals surface area contributed by atoms with Crippen LogP contribution in [-0.4, -0.2) is 51.9 Å². The van der Waals surface area contributed by atoms with Crippen molar-refractivity contribution in [1.82, 2.24) is 20.2 Å². The molecule has 1 saturated heterocycles. The Kier molecular flexibility index (Phi) is 6.26. The fraction of sp³-hybridized carbons (Fsp3) is 0.478. The third kappa shape index (κ3) is 4.45. The highest BCUT2D eigenvalue weighted by Gasteiger charge is 2.36. The van der Waals surface area contributed by atoms with Crippen molar-refractivity contribution in [2.75, 3.05) is 13.2 Å². The standard InChI is InChI=1S/C23H28N4O3/c1-16-14-25-19(15-24-16)23(29)27-12-7-9-18-20(27)10-3-2-6-13-30-21-11-5-4-8-17(21)22(28)26-18/h4-5,8,11,14-15,18,20H,2-3,6-7,9-10,12-13H2,1H3,(H,26,28)/t18-,20-/m0/s1. The van der Waals surface area contributed by atoms with Crippen molar-refractivity contribution >= 4 is 11.8 Å². The molecule has 7 heteroatoms. The molecule has 1 aromatic carbocycles. The van der Waals surface area contributed by atoms with E-state index in [-0.39, 0.29) is 23.9 Å². The van der Waals surface area contributed by atoms with Gasteiger partial charge in [0.1, 0.15) is 11.4 Å². The molecule has 0 spiro atoms. The van der Waals surface area contributed by atoms with Crippen molar-refractivity contribution in [3.8, 4) is 5.75 Å². The second-order valence-electron chi connectivity index (χ2n) is 8.03. The Bertz CT molecular complexity index is 900. The maximum Gasteiger partial charge on any atom is 0.274 e. The third-order valence-electron chi connectivity index (χ3n) is 5.89. The van der Waals surface area contributed by atoms with Crippen molar-refractivity contribution in [3.05, 3.63) is 53.6 Å². The van der Waals surface area contributed by atoms with E-state index in [0.29, 0.717) is 30.2 Å². The SMILES string of the molecule is Cc1cnc(C(=O)N2CCC[C@@H]3NC(=O)c4ccccc4OCCCCC[C@@H]32)cn1. The fourth-order valence-corrected chi connectivity index (χ4v) is 4.33. The maximum atomic E-state index is 13.2. The Morgan fingerprint density at radius 1 is 1.10 bits per heavy atom. The van der Waals surface area contributed by atoms with Crippen molar-refractivity contribution in [2.24, 2.45) is 0 Å². The van der Waals surface area contributed by atoms with Crippen LogP contribution in [0.3, 0.4) is 0 Å². The average molecular weight is 409 g/mol. The van der Waals surface area contributed by atoms with Gasteiger partial charge in [0.25, 0.3) is 11.8 Å². The van der Waals surface area contributed by atoms with Crippen LogP contribution < -0.4 is 10.1 Å². The lowest BCUT2D eigenvalue weighted by Gasteiger charge is -2.42. The minimum Gasteiger partial charge on any atom is -0.493 e. The number of hydrogen-bond acceptors (Lipinski definition) is 5. The van der Waals surface area contributed by atoms with E-state index in [1.165, 1.54) is 0 Å². The Morgan fingerprint density at radius 3 is 2.80 bits per heavy atom. The minimum atomic E-state index is -0.148. The van der Waals surface area contributed by atoms with Gasteiger partial charge >= 0.3 is 0 Å². The maximum absolute atomic E-state index is 13.2. The van der Waals surface area contributed by atoms with Gasteiger partial charge < -0.3 is 15.0 Å². The van der Waals surface area contributed by atoms with Crippen LogP contribution in [0.15, 0.2) is 36.7 Å². The number of likely N-dealkylation sites (tertiary alicyclic amines) is 1. The average Bonchev–Trinajstić information content (AvgIpc) is 2.76. The van der Waals surface area contributed by atoms with Crippen LogP contribution in [-0.2, 0) is 0 Å². The van der Waals surface area contributed by atoms with E-state index >= 15 is 0 Å². The number of hydrogen-bond donors (Lipinski definition) is 1. The van der Waals surface area contributed by atoms with Crippen LogP contribution in [0.5, 0.6) is 5.75 Å². The number of aryl methyl sites for hydroxylation is 1. The molecule has 2 atom stereocenters. The summed E-state index contributed by atoms with van der Waals surface area (Å²) in [6.45, 7) is 3.10. The van der Waals surface area contributed by atoms with Gasteiger partial charge in [-0.05, 0) is 51.2 Å². The smallest absolute Gasteiger partial charge is 0.274 e. The van der Waals surface area contributed by atoms with Crippen molar-refractivity contribution < 1.29 is 14.3 Å². The van der Waals surface area contributed by atoms with Crippen molar-refractivity contribution in [1.29, 1.82) is 0 Å². The van der Waals surface area contributed by atoms with Crippen molar-refractivity contribution in [3.63, 3.8) is 0 Å². The lowest BCUT2D eigenvalue weighted by molar-refractivity contribution is 0.0499. The number of fused-ring (bicyclic) bond motifs is 2. The molecule has 1 fully saturated rings. The summed E-state index contributed by atoms with van der Waals surface area (Å²) in [5.74, 6) is 0.360. The number of carbonyl (C=O) groups excluding carboxylic acids is 2. The Hall–Kier alpha value is -2.96. The summed E-state index contributed by atoms with van der Waals surface area (Å²) in [5, 5.41) is 3.19. The first-order valence-electron chi connectivity index (χ1n) is 10.8. The minimum absolute atomic E-state index is 0.0502. The number of nitrogens with zero attached hydrogens (tertiary/aromatic N) is 3. The number of aromatic nitrogens is 2. The molecule has 4 rings (SSSR count). The normalized spacial score (nSPS) is 22.4. The predicted molar refractivity (Wildman–Crippen MR) is 112 cm³/mol. The largest absolute Gasteiger partial charge is 0.493 e. The second-order valence-corrected chi connectivity index (χ2v) is 8.03. The number of rotatable bonds is 1. The Balaban J connectivity index is 1.59. The van der Waals surface area contributed by atoms with Gasteiger partial charge in [0.2, 0.25) is 0 Å². The zero-order chi connectivity index (χ0) is 20.9. The number of nitrogens with one attached hydrogen (secondary N) is 1. The molecule has 0 radical (unpaired) electrons. The lowest BCUT2D eigenvalue weighted by Crippen LogP contribution is -2.57. The highest BCUT2D eigenvalue weighted by Crippen LogP contribution is 2.26. The van der Waals surface area contributed by atoms with Gasteiger partial charge in [-0.3, -0.25) is 14.6 Å². The zero-order valence-corrected chi connectivity index (χ0v) is 17.3. The summed E-state index contributed by atoms with van der Waals surface area (Å²) >= 11 is 0. The third-order valence-corrected chi connectivity index (χ3v) is 5.89. The number of carbonyl (C=O) groups is 2. The second kappa shape index (κ2) is 9.24. The zero-order valence-electron chi connectivity index (χ0n) is 17.3. The van der Waals surface area contributed by atoms with Crippen LogP contribution in [0, 0.1) is 6.92 Å². The number of amides is 2. The summed E-state index contributed by atoms with van der Waals surface area (Å²) in [4.78, 5) is 36.7. The number of ether oxygens (including phenoxy) is 1. The quantitative estimate of drug-likeness (QED) is 0.784. The van der Waals surface area contributed by atoms with Crippen LogP contribution in [0.4, 0.5) is 0 Å². The van der Waals surface area contributed by atoms with E-state index in [4.69, 9.17) is 4.74 Å². The van der Waals surface area contributed by atoms with Crippen LogP contribution >= 0.6 is 0 Å². The van der Waals surface area contributed by atoms with Gasteiger partial charge in [-0.15, -0.1) is 0 Å². The molecule has 1 N–H and O–H groups in total. The lowest BCUT2D eigenvalue weighted by atomic mass is 9.90. The van der Waals surface area contributed by atoms with Crippen LogP contribution in [0.2, 0.25) is 0 Å². The van der Waals surface area contributed by atoms with E-state index < -0.39 is 0 Å². The first-order chi connectivity index (χ1) is 14.6. The van der Waals surface area contributed by atoms with Gasteiger partial charge in [-0.1, -0.05) is 18.6 Å². The number of piperidine rings is 1. The molecule has 2 amide bonds. The van der Waals surface area contributed by atoms with Crippen LogP contribution in [0.25, 0.3) is 0 Å². The topological polar surface area (TPSA) is 84.4 Å². The van der Waals surface area contributed by atoms with E-state index in [1.807, 2.05) is 30.0 Å². The van der Waals surface area contributed by atoms with Gasteiger partial charge in [-0.25, -0.2) is 4.98 Å². The number of para-hydroxylation sites is 1. The van der Waals surface area contributed by atoms with Gasteiger partial charge in [-0.2, -0.15) is 0 Å². The monoisotopic (exact) mass is 408 g/mol. The highest BCUT2D eigenvalue weighted by atomic mass is 16.5. The Labute approximate surface area is 176 Å². The molecule has 0 saturated carbocycles. The molecule has 0 aliphatic carbocycles. The van der Waals surface area contributed by atoms with E-state index in [0.717, 1.165) is 44.2 Å². The fourth-order valence-electron chi connectivity index (χ4n) is 4.33. The highest BCUT2D eigenvalue weighted by molar-refractivity contribution is 5.97. The van der Waals surface area contributed by atoms with Crippen molar-refractivity contribution in [2.45, 2.75) is 57.5 Å². The molecule has 7 nitrogen and oxygen atoms in total. The first kappa shape index (κ1) is 20.3. The molecule has 158 valence electrons.